The minimum absolute atomic E-state index is 0.0550. The Kier molecular flexibility index (Phi) is 5.08. The number of carbonyl (C=O) groups excluding carboxylic acids is 1. The standard InChI is InChI=1S/C18H24N4O/c1-15-9-10-19-22(15)14-18(23)20-17-7-5-16(6-8-17)13-21-11-3-2-4-12-21/h5-10H,2-4,11-14H2,1H3,(H,20,23). The van der Waals surface area contributed by atoms with Gasteiger partial charge in [0.15, 0.2) is 0 Å². The number of rotatable bonds is 5. The van der Waals surface area contributed by atoms with Gasteiger partial charge in [-0.15, -0.1) is 0 Å². The number of anilines is 1. The molecule has 3 rings (SSSR count). The van der Waals surface area contributed by atoms with Crippen LogP contribution in [0.25, 0.3) is 0 Å². The minimum atomic E-state index is -0.0550. The van der Waals surface area contributed by atoms with E-state index in [4.69, 9.17) is 0 Å². The molecule has 0 unspecified atom stereocenters. The highest BCUT2D eigenvalue weighted by Crippen LogP contribution is 2.15. The molecule has 1 aliphatic rings. The molecule has 1 N–H and O–H groups in total. The van der Waals surface area contributed by atoms with Crippen LogP contribution >= 0.6 is 0 Å². The third-order valence-corrected chi connectivity index (χ3v) is 4.31. The highest BCUT2D eigenvalue weighted by atomic mass is 16.2. The van der Waals surface area contributed by atoms with Gasteiger partial charge >= 0.3 is 0 Å². The maximum atomic E-state index is 12.1. The maximum absolute atomic E-state index is 12.1. The Labute approximate surface area is 137 Å². The molecule has 0 saturated carbocycles. The van der Waals surface area contributed by atoms with E-state index in [0.717, 1.165) is 17.9 Å². The molecule has 2 heterocycles. The van der Waals surface area contributed by atoms with Crippen LogP contribution in [0.3, 0.4) is 0 Å². The molecule has 5 nitrogen and oxygen atoms in total. The number of nitrogens with zero attached hydrogens (tertiary/aromatic N) is 3. The number of piperidine rings is 1. The summed E-state index contributed by atoms with van der Waals surface area (Å²) in [6.07, 6.45) is 5.68. The lowest BCUT2D eigenvalue weighted by Gasteiger charge is -2.26. The molecule has 1 amide bonds. The van der Waals surface area contributed by atoms with Crippen LogP contribution in [-0.4, -0.2) is 33.7 Å². The summed E-state index contributed by atoms with van der Waals surface area (Å²) in [5.74, 6) is -0.0550. The van der Waals surface area contributed by atoms with Crippen molar-refractivity contribution in [2.45, 2.75) is 39.3 Å². The molecule has 0 atom stereocenters. The molecular weight excluding hydrogens is 288 g/mol. The van der Waals surface area contributed by atoms with Gasteiger partial charge in [-0.2, -0.15) is 5.10 Å². The van der Waals surface area contributed by atoms with Gasteiger partial charge in [-0.1, -0.05) is 18.6 Å². The smallest absolute Gasteiger partial charge is 0.246 e. The van der Waals surface area contributed by atoms with Crippen molar-refractivity contribution in [3.8, 4) is 0 Å². The van der Waals surface area contributed by atoms with Gasteiger partial charge in [-0.3, -0.25) is 14.4 Å². The molecule has 1 aromatic heterocycles. The Morgan fingerprint density at radius 1 is 1.13 bits per heavy atom. The Bertz CT molecular complexity index is 641. The Balaban J connectivity index is 1.52. The molecule has 2 aromatic rings. The van der Waals surface area contributed by atoms with E-state index >= 15 is 0 Å². The molecule has 23 heavy (non-hydrogen) atoms. The van der Waals surface area contributed by atoms with Crippen molar-refractivity contribution < 1.29 is 4.79 Å². The van der Waals surface area contributed by atoms with E-state index in [-0.39, 0.29) is 12.5 Å². The highest BCUT2D eigenvalue weighted by Gasteiger charge is 2.10. The third kappa shape index (κ3) is 4.42. The molecule has 1 aromatic carbocycles. The zero-order chi connectivity index (χ0) is 16.1. The third-order valence-electron chi connectivity index (χ3n) is 4.31. The number of aryl methyl sites for hydroxylation is 1. The molecule has 0 aliphatic carbocycles. The van der Waals surface area contributed by atoms with Gasteiger partial charge in [0.2, 0.25) is 5.91 Å². The lowest BCUT2D eigenvalue weighted by atomic mass is 10.1. The Morgan fingerprint density at radius 3 is 2.52 bits per heavy atom. The lowest BCUT2D eigenvalue weighted by Crippen LogP contribution is -2.29. The molecule has 0 radical (unpaired) electrons. The fourth-order valence-corrected chi connectivity index (χ4v) is 2.97. The van der Waals surface area contributed by atoms with E-state index in [2.05, 4.69) is 27.4 Å². The summed E-state index contributed by atoms with van der Waals surface area (Å²) in [7, 11) is 0. The molecule has 122 valence electrons. The Morgan fingerprint density at radius 2 is 1.87 bits per heavy atom. The summed E-state index contributed by atoms with van der Waals surface area (Å²) in [6, 6.07) is 10.1. The SMILES string of the molecule is Cc1ccnn1CC(=O)Nc1ccc(CN2CCCCC2)cc1. The molecule has 0 spiro atoms. The van der Waals surface area contributed by atoms with Crippen LogP contribution in [0.1, 0.15) is 30.5 Å². The lowest BCUT2D eigenvalue weighted by molar-refractivity contribution is -0.116. The van der Waals surface area contributed by atoms with Crippen LogP contribution in [0, 0.1) is 6.92 Å². The first-order valence-electron chi connectivity index (χ1n) is 8.30. The predicted octanol–water partition coefficient (Wildman–Crippen LogP) is 2.82. The first-order chi connectivity index (χ1) is 11.2. The summed E-state index contributed by atoms with van der Waals surface area (Å²) in [5.41, 5.74) is 3.12. The molecule has 1 fully saturated rings. The molecular formula is C18H24N4O. The zero-order valence-electron chi connectivity index (χ0n) is 13.7. The fraction of sp³-hybridized carbons (Fsp3) is 0.444. The summed E-state index contributed by atoms with van der Waals surface area (Å²) in [6.45, 7) is 5.58. The number of hydrogen-bond donors (Lipinski definition) is 1. The van der Waals surface area contributed by atoms with Crippen molar-refractivity contribution >= 4 is 11.6 Å². The minimum Gasteiger partial charge on any atom is -0.324 e. The molecule has 1 aliphatic heterocycles. The highest BCUT2D eigenvalue weighted by molar-refractivity contribution is 5.90. The summed E-state index contributed by atoms with van der Waals surface area (Å²) < 4.78 is 1.69. The summed E-state index contributed by atoms with van der Waals surface area (Å²) in [5, 5.41) is 7.05. The fourth-order valence-electron chi connectivity index (χ4n) is 2.97. The van der Waals surface area contributed by atoms with Gasteiger partial charge in [0.1, 0.15) is 6.54 Å². The zero-order valence-corrected chi connectivity index (χ0v) is 13.7. The number of carbonyl (C=O) groups is 1. The van der Waals surface area contributed by atoms with E-state index in [0.29, 0.717) is 0 Å². The normalized spacial score (nSPS) is 15.5. The van der Waals surface area contributed by atoms with Crippen LogP contribution in [0.15, 0.2) is 36.5 Å². The predicted molar refractivity (Wildman–Crippen MR) is 91.2 cm³/mol. The summed E-state index contributed by atoms with van der Waals surface area (Å²) >= 11 is 0. The van der Waals surface area contributed by atoms with Crippen LogP contribution in [0.4, 0.5) is 5.69 Å². The number of likely N-dealkylation sites (tertiary alicyclic amines) is 1. The van der Waals surface area contributed by atoms with Gasteiger partial charge in [0.05, 0.1) is 0 Å². The second-order valence-corrected chi connectivity index (χ2v) is 6.21. The van der Waals surface area contributed by atoms with Gasteiger partial charge in [0, 0.05) is 24.1 Å². The van der Waals surface area contributed by atoms with Crippen LogP contribution in [-0.2, 0) is 17.9 Å². The van der Waals surface area contributed by atoms with Gasteiger partial charge in [-0.05, 0) is 56.6 Å². The van der Waals surface area contributed by atoms with Gasteiger partial charge in [0.25, 0.3) is 0 Å². The van der Waals surface area contributed by atoms with Crippen LogP contribution < -0.4 is 5.32 Å². The Hall–Kier alpha value is -2.14. The number of hydrogen-bond acceptors (Lipinski definition) is 3. The molecule has 0 bridgehead atoms. The summed E-state index contributed by atoms with van der Waals surface area (Å²) in [4.78, 5) is 14.6. The number of nitrogens with one attached hydrogen (secondary N) is 1. The first-order valence-corrected chi connectivity index (χ1v) is 8.30. The van der Waals surface area contributed by atoms with E-state index in [1.165, 1.54) is 37.9 Å². The number of aromatic nitrogens is 2. The van der Waals surface area contributed by atoms with E-state index in [1.807, 2.05) is 25.1 Å². The van der Waals surface area contributed by atoms with Crippen molar-refractivity contribution in [3.63, 3.8) is 0 Å². The average Bonchev–Trinajstić information content (AvgIpc) is 2.95. The number of amides is 1. The number of benzene rings is 1. The van der Waals surface area contributed by atoms with E-state index in [1.54, 1.807) is 10.9 Å². The van der Waals surface area contributed by atoms with Crippen molar-refractivity contribution in [1.29, 1.82) is 0 Å². The van der Waals surface area contributed by atoms with Crippen molar-refractivity contribution in [3.05, 3.63) is 47.8 Å². The van der Waals surface area contributed by atoms with Crippen molar-refractivity contribution in [1.82, 2.24) is 14.7 Å². The second kappa shape index (κ2) is 7.42. The van der Waals surface area contributed by atoms with E-state index < -0.39 is 0 Å². The first kappa shape index (κ1) is 15.7. The van der Waals surface area contributed by atoms with E-state index in [9.17, 15) is 4.79 Å². The van der Waals surface area contributed by atoms with Gasteiger partial charge < -0.3 is 5.32 Å². The van der Waals surface area contributed by atoms with Crippen LogP contribution in [0.2, 0.25) is 0 Å². The molecule has 5 heteroatoms. The second-order valence-electron chi connectivity index (χ2n) is 6.21. The maximum Gasteiger partial charge on any atom is 0.246 e. The van der Waals surface area contributed by atoms with Gasteiger partial charge in [-0.25, -0.2) is 0 Å². The molecule has 1 saturated heterocycles. The van der Waals surface area contributed by atoms with Crippen molar-refractivity contribution in [2.75, 3.05) is 18.4 Å². The monoisotopic (exact) mass is 312 g/mol. The van der Waals surface area contributed by atoms with Crippen LogP contribution in [0.5, 0.6) is 0 Å². The van der Waals surface area contributed by atoms with Crippen molar-refractivity contribution in [2.24, 2.45) is 0 Å². The topological polar surface area (TPSA) is 50.2 Å². The quantitative estimate of drug-likeness (QED) is 0.923. The largest absolute Gasteiger partial charge is 0.324 e. The average molecular weight is 312 g/mol.